The van der Waals surface area contributed by atoms with E-state index in [4.69, 9.17) is 19.9 Å². The summed E-state index contributed by atoms with van der Waals surface area (Å²) in [5.74, 6) is -0.576. The summed E-state index contributed by atoms with van der Waals surface area (Å²) >= 11 is 0. The van der Waals surface area contributed by atoms with Crippen molar-refractivity contribution in [2.75, 3.05) is 38.7 Å². The quantitative estimate of drug-likeness (QED) is 0.251. The van der Waals surface area contributed by atoms with E-state index in [1.165, 1.54) is 0 Å². The van der Waals surface area contributed by atoms with Crippen molar-refractivity contribution in [1.29, 1.82) is 0 Å². The van der Waals surface area contributed by atoms with Crippen molar-refractivity contribution in [3.63, 3.8) is 0 Å². The second-order valence-corrected chi connectivity index (χ2v) is 3.78. The van der Waals surface area contributed by atoms with Crippen LogP contribution in [-0.2, 0) is 10.1 Å². The third-order valence-electron chi connectivity index (χ3n) is 0.926. The molecular formula is C6H17NO6S. The first kappa shape index (κ1) is 16.2. The lowest BCUT2D eigenvalue weighted by Gasteiger charge is -1.94. The molecule has 88 valence electrons. The molecule has 0 spiro atoms. The van der Waals surface area contributed by atoms with Crippen LogP contribution in [0.5, 0.6) is 0 Å². The Kier molecular flexibility index (Phi) is 12.5. The highest BCUT2D eigenvalue weighted by molar-refractivity contribution is 7.85. The minimum Gasteiger partial charge on any atom is -0.395 e. The number of hydrogen-bond acceptors (Lipinski definition) is 6. The molecule has 7 nitrogen and oxygen atoms in total. The SMILES string of the molecule is O=S(=O)(O)CCO.OCCNCCO. The number of rotatable bonds is 6. The predicted molar refractivity (Wildman–Crippen MR) is 50.5 cm³/mol. The molecule has 0 radical (unpaired) electrons. The van der Waals surface area contributed by atoms with Gasteiger partial charge < -0.3 is 20.6 Å². The molecule has 0 rings (SSSR count). The molecule has 0 unspecified atom stereocenters. The Hall–Kier alpha value is -0.250. The normalized spacial score (nSPS) is 10.6. The zero-order chi connectivity index (χ0) is 11.4. The first-order valence-electron chi connectivity index (χ1n) is 3.96. The van der Waals surface area contributed by atoms with Crippen LogP contribution in [0.25, 0.3) is 0 Å². The first-order valence-corrected chi connectivity index (χ1v) is 5.57. The van der Waals surface area contributed by atoms with Gasteiger partial charge in [0.25, 0.3) is 10.1 Å². The number of aliphatic hydroxyl groups is 3. The third kappa shape index (κ3) is 22.6. The molecule has 0 aromatic heterocycles. The third-order valence-corrected chi connectivity index (χ3v) is 1.62. The average molecular weight is 231 g/mol. The minimum absolute atomic E-state index is 0.139. The lowest BCUT2D eigenvalue weighted by atomic mass is 10.6. The summed E-state index contributed by atoms with van der Waals surface area (Å²) in [5.41, 5.74) is 0. The van der Waals surface area contributed by atoms with Crippen LogP contribution in [-0.4, -0.2) is 67.0 Å². The van der Waals surface area contributed by atoms with Crippen molar-refractivity contribution in [2.45, 2.75) is 0 Å². The summed E-state index contributed by atoms with van der Waals surface area (Å²) in [6.07, 6.45) is 0. The molecule has 0 amide bonds. The molecule has 0 aromatic rings. The Morgan fingerprint density at radius 1 is 0.929 bits per heavy atom. The van der Waals surface area contributed by atoms with Crippen LogP contribution < -0.4 is 5.32 Å². The molecule has 0 atom stereocenters. The van der Waals surface area contributed by atoms with Crippen molar-refractivity contribution in [3.8, 4) is 0 Å². The van der Waals surface area contributed by atoms with Crippen molar-refractivity contribution in [2.24, 2.45) is 0 Å². The van der Waals surface area contributed by atoms with Crippen LogP contribution in [0.1, 0.15) is 0 Å². The van der Waals surface area contributed by atoms with E-state index in [0.717, 1.165) is 0 Å². The van der Waals surface area contributed by atoms with E-state index in [1.54, 1.807) is 0 Å². The summed E-state index contributed by atoms with van der Waals surface area (Å²) in [6.45, 7) is 0.889. The highest BCUT2D eigenvalue weighted by atomic mass is 32.2. The molecule has 0 fully saturated rings. The topological polar surface area (TPSA) is 127 Å². The van der Waals surface area contributed by atoms with E-state index in [1.807, 2.05) is 0 Å². The van der Waals surface area contributed by atoms with Gasteiger partial charge in [-0.15, -0.1) is 0 Å². The smallest absolute Gasteiger partial charge is 0.267 e. The maximum absolute atomic E-state index is 9.63. The first-order chi connectivity index (χ1) is 6.47. The number of hydrogen-bond donors (Lipinski definition) is 5. The van der Waals surface area contributed by atoms with E-state index in [2.05, 4.69) is 5.32 Å². The number of nitrogens with one attached hydrogen (secondary N) is 1. The Balaban J connectivity index is 0. The maximum Gasteiger partial charge on any atom is 0.267 e. The van der Waals surface area contributed by atoms with Gasteiger partial charge >= 0.3 is 0 Å². The maximum atomic E-state index is 9.63. The van der Waals surface area contributed by atoms with Crippen LogP contribution >= 0.6 is 0 Å². The zero-order valence-electron chi connectivity index (χ0n) is 7.76. The fourth-order valence-corrected chi connectivity index (χ4v) is 0.629. The molecule has 0 bridgehead atoms. The molecule has 0 saturated heterocycles. The monoisotopic (exact) mass is 231 g/mol. The largest absolute Gasteiger partial charge is 0.395 e. The van der Waals surface area contributed by atoms with Crippen molar-refractivity contribution in [1.82, 2.24) is 5.32 Å². The van der Waals surface area contributed by atoms with Gasteiger partial charge in [-0.25, -0.2) is 0 Å². The van der Waals surface area contributed by atoms with Gasteiger partial charge in [0.1, 0.15) is 0 Å². The van der Waals surface area contributed by atoms with Crippen molar-refractivity contribution < 1.29 is 28.3 Å². The molecule has 0 aliphatic rings. The lowest BCUT2D eigenvalue weighted by Crippen LogP contribution is -2.21. The summed E-state index contributed by atoms with van der Waals surface area (Å²) < 4.78 is 27.1. The summed E-state index contributed by atoms with van der Waals surface area (Å²) in [6, 6.07) is 0. The highest BCUT2D eigenvalue weighted by Gasteiger charge is 1.99. The second kappa shape index (κ2) is 10.8. The second-order valence-electron chi connectivity index (χ2n) is 2.21. The molecule has 14 heavy (non-hydrogen) atoms. The van der Waals surface area contributed by atoms with E-state index >= 15 is 0 Å². The molecule has 0 aliphatic carbocycles. The Morgan fingerprint density at radius 3 is 1.50 bits per heavy atom. The van der Waals surface area contributed by atoms with Crippen LogP contribution in [0, 0.1) is 0 Å². The van der Waals surface area contributed by atoms with E-state index in [0.29, 0.717) is 13.1 Å². The van der Waals surface area contributed by atoms with Crippen LogP contribution in [0.2, 0.25) is 0 Å². The fraction of sp³-hybridized carbons (Fsp3) is 1.00. The van der Waals surface area contributed by atoms with Crippen LogP contribution in [0.3, 0.4) is 0 Å². The van der Waals surface area contributed by atoms with Gasteiger partial charge in [0.05, 0.1) is 25.6 Å². The summed E-state index contributed by atoms with van der Waals surface area (Å²) in [4.78, 5) is 0. The fourth-order valence-electron chi connectivity index (χ4n) is 0.398. The highest BCUT2D eigenvalue weighted by Crippen LogP contribution is 1.76. The van der Waals surface area contributed by atoms with Gasteiger partial charge in [0.2, 0.25) is 0 Å². The Morgan fingerprint density at radius 2 is 1.36 bits per heavy atom. The number of aliphatic hydroxyl groups excluding tert-OH is 3. The molecule has 0 aliphatic heterocycles. The van der Waals surface area contributed by atoms with Gasteiger partial charge in [-0.1, -0.05) is 0 Å². The van der Waals surface area contributed by atoms with Gasteiger partial charge in [0, 0.05) is 13.1 Å². The lowest BCUT2D eigenvalue weighted by molar-refractivity contribution is 0.266. The summed E-state index contributed by atoms with van der Waals surface area (Å²) in [5, 5.41) is 26.9. The predicted octanol–water partition coefficient (Wildman–Crippen LogP) is -2.57. The van der Waals surface area contributed by atoms with Gasteiger partial charge in [-0.2, -0.15) is 8.42 Å². The molecule has 0 heterocycles. The van der Waals surface area contributed by atoms with Gasteiger partial charge in [-0.3, -0.25) is 4.55 Å². The Labute approximate surface area is 83.1 Å². The molecule has 0 saturated carbocycles. The molecule has 8 heteroatoms. The van der Waals surface area contributed by atoms with Crippen molar-refractivity contribution in [3.05, 3.63) is 0 Å². The zero-order valence-corrected chi connectivity index (χ0v) is 8.57. The van der Waals surface area contributed by atoms with Crippen molar-refractivity contribution >= 4 is 10.1 Å². The van der Waals surface area contributed by atoms with E-state index in [-0.39, 0.29) is 13.2 Å². The van der Waals surface area contributed by atoms with Gasteiger partial charge in [-0.05, 0) is 0 Å². The average Bonchev–Trinajstić information content (AvgIpc) is 2.04. The molecule has 5 N–H and O–H groups in total. The standard InChI is InChI=1S/C4H11NO2.C2H6O4S/c6-3-1-5-2-4-7;3-1-2-7(4,5)6/h5-7H,1-4H2;3H,1-2H2,(H,4,5,6). The summed E-state index contributed by atoms with van der Waals surface area (Å²) in [7, 11) is -3.92. The van der Waals surface area contributed by atoms with E-state index in [9.17, 15) is 8.42 Å². The van der Waals surface area contributed by atoms with E-state index < -0.39 is 22.5 Å². The minimum atomic E-state index is -3.92. The Bertz CT molecular complexity index is 188. The molecular weight excluding hydrogens is 214 g/mol. The van der Waals surface area contributed by atoms with Crippen LogP contribution in [0.15, 0.2) is 0 Å². The van der Waals surface area contributed by atoms with Gasteiger partial charge in [0.15, 0.2) is 0 Å². The van der Waals surface area contributed by atoms with Crippen LogP contribution in [0.4, 0.5) is 0 Å². The molecule has 0 aromatic carbocycles.